The summed E-state index contributed by atoms with van der Waals surface area (Å²) in [6.07, 6.45) is 6.14. The average molecular weight is 952 g/mol. The first-order chi connectivity index (χ1) is 32.9. The van der Waals surface area contributed by atoms with Crippen LogP contribution in [0.25, 0.3) is 22.0 Å². The fraction of sp³-hybridized carbons (Fsp3) is 0.160. The third kappa shape index (κ3) is 10.1. The third-order valence-corrected chi connectivity index (χ3v) is 14.4. The first-order valence-electron chi connectivity index (χ1n) is 21.7. The van der Waals surface area contributed by atoms with E-state index < -0.39 is 50.0 Å². The summed E-state index contributed by atoms with van der Waals surface area (Å²) in [5, 5.41) is 21.3. The predicted molar refractivity (Wildman–Crippen MR) is 260 cm³/mol. The number of nitrogens with two attached hydrogens (primary N) is 1. The number of anilines is 1. The van der Waals surface area contributed by atoms with Crippen LogP contribution < -0.4 is 25.8 Å². The first-order valence-corrected chi connectivity index (χ1v) is 24.7. The van der Waals surface area contributed by atoms with Gasteiger partial charge in [0, 0.05) is 56.1 Å². The second-order valence-corrected chi connectivity index (χ2v) is 19.3. The summed E-state index contributed by atoms with van der Waals surface area (Å²) in [5.74, 6) is -1.38. The predicted octanol–water partition coefficient (Wildman–Crippen LogP) is 5.64. The molecule has 0 bridgehead atoms. The van der Waals surface area contributed by atoms with Gasteiger partial charge in [0.05, 0.1) is 21.5 Å². The van der Waals surface area contributed by atoms with Gasteiger partial charge in [-0.2, -0.15) is 9.82 Å². The van der Waals surface area contributed by atoms with Gasteiger partial charge in [-0.3, -0.25) is 18.8 Å². The minimum atomic E-state index is -4.34. The van der Waals surface area contributed by atoms with E-state index in [2.05, 4.69) is 66.1 Å². The number of fused-ring (bicyclic) bond motifs is 1. The Morgan fingerprint density at radius 2 is 1.26 bits per heavy atom. The number of carboxylic acids is 1. The van der Waals surface area contributed by atoms with Crippen molar-refractivity contribution in [3.63, 3.8) is 0 Å². The maximum atomic E-state index is 13.3. The van der Waals surface area contributed by atoms with E-state index in [1.165, 1.54) is 36.4 Å². The Hall–Kier alpha value is -7.48. The van der Waals surface area contributed by atoms with Gasteiger partial charge in [0.25, 0.3) is 5.91 Å². The molecule has 0 aliphatic heterocycles. The molecule has 7 N–H and O–H groups in total. The number of nitrogens with zero attached hydrogens (tertiary/aromatic N) is 4. The molecular weight excluding hydrogens is 903 g/mol. The molecule has 0 aliphatic carbocycles. The number of aromatic nitrogens is 4. The molecule has 0 unspecified atom stereocenters. The number of nitrogens with one attached hydrogen (secondary N) is 4. The van der Waals surface area contributed by atoms with E-state index in [0.29, 0.717) is 42.0 Å². The molecule has 1 atom stereocenters. The van der Waals surface area contributed by atoms with E-state index in [4.69, 9.17) is 10.7 Å². The van der Waals surface area contributed by atoms with E-state index in [-0.39, 0.29) is 28.4 Å². The van der Waals surface area contributed by atoms with Gasteiger partial charge in [0.15, 0.2) is 0 Å². The van der Waals surface area contributed by atoms with Crippen molar-refractivity contribution in [3.05, 3.63) is 199 Å². The Kier molecular flexibility index (Phi) is 14.2. The third-order valence-electron chi connectivity index (χ3n) is 11.5. The summed E-state index contributed by atoms with van der Waals surface area (Å²) in [7, 11) is -8.07. The molecule has 2 heterocycles. The largest absolute Gasteiger partial charge is 0.480 e. The summed E-state index contributed by atoms with van der Waals surface area (Å²) in [5.41, 5.74) is 10.2. The molecule has 348 valence electrons. The van der Waals surface area contributed by atoms with Gasteiger partial charge >= 0.3 is 5.97 Å². The summed E-state index contributed by atoms with van der Waals surface area (Å²) in [4.78, 5) is 30.1. The lowest BCUT2D eigenvalue weighted by Gasteiger charge is -2.38. The Labute approximate surface area is 394 Å². The van der Waals surface area contributed by atoms with E-state index in [1.807, 2.05) is 65.5 Å². The molecule has 0 radical (unpaired) electrons. The van der Waals surface area contributed by atoms with Crippen LogP contribution in [0.5, 0.6) is 0 Å². The van der Waals surface area contributed by atoms with Crippen LogP contribution in [0.3, 0.4) is 0 Å². The molecule has 18 heteroatoms. The minimum absolute atomic E-state index is 0.0492. The van der Waals surface area contributed by atoms with Crippen LogP contribution in [0.2, 0.25) is 0 Å². The highest BCUT2D eigenvalue weighted by molar-refractivity contribution is 7.89. The Balaban J connectivity index is 0.885. The minimum Gasteiger partial charge on any atom is -0.480 e. The van der Waals surface area contributed by atoms with Crippen LogP contribution in [0.4, 0.5) is 5.95 Å². The average Bonchev–Trinajstić information content (AvgIpc) is 4.01. The zero-order chi connectivity index (χ0) is 47.7. The highest BCUT2D eigenvalue weighted by atomic mass is 32.2. The second-order valence-electron chi connectivity index (χ2n) is 15.8. The van der Waals surface area contributed by atoms with Crippen molar-refractivity contribution in [2.75, 3.05) is 31.5 Å². The Bertz CT molecular complexity index is 3130. The fourth-order valence-corrected chi connectivity index (χ4v) is 10.4. The number of carbonyl (C=O) groups excluding carboxylic acids is 1. The lowest BCUT2D eigenvalue weighted by atomic mass is 9.76. The summed E-state index contributed by atoms with van der Waals surface area (Å²) in [6.45, 7) is 0.835. The SMILES string of the molecule is NCCNS(=O)(=O)c1ccc(-c2ccc(S(=O)(=O)N[C@@H](CNC(=O)c3ccc4c(cnn4CCCNc4nccn4C(c4ccccc4)(c4ccccc4)c4ccccc4)c3)C(=O)O)cc2)cc1. The van der Waals surface area contributed by atoms with Gasteiger partial charge in [-0.05, 0) is 76.7 Å². The topological polar surface area (TPSA) is 232 Å². The van der Waals surface area contributed by atoms with Gasteiger partial charge in [0.2, 0.25) is 26.0 Å². The van der Waals surface area contributed by atoms with Gasteiger partial charge in [-0.1, -0.05) is 115 Å². The van der Waals surface area contributed by atoms with Crippen molar-refractivity contribution in [1.29, 1.82) is 0 Å². The molecular formula is C50H49N9O7S2. The number of carbonyl (C=O) groups is 2. The van der Waals surface area contributed by atoms with Crippen LogP contribution >= 0.6 is 0 Å². The molecule has 8 aromatic rings. The van der Waals surface area contributed by atoms with Crippen molar-refractivity contribution in [1.82, 2.24) is 34.1 Å². The van der Waals surface area contributed by atoms with Crippen LogP contribution in [-0.2, 0) is 36.9 Å². The number of rotatable bonds is 21. The van der Waals surface area contributed by atoms with Gasteiger partial charge < -0.3 is 21.5 Å². The number of hydrogen-bond donors (Lipinski definition) is 6. The molecule has 0 spiro atoms. The highest BCUT2D eigenvalue weighted by Crippen LogP contribution is 2.42. The van der Waals surface area contributed by atoms with Crippen molar-refractivity contribution in [3.8, 4) is 11.1 Å². The van der Waals surface area contributed by atoms with E-state index in [0.717, 1.165) is 22.2 Å². The number of sulfonamides is 2. The van der Waals surface area contributed by atoms with Gasteiger partial charge in [-0.15, -0.1) is 0 Å². The van der Waals surface area contributed by atoms with Crippen LogP contribution in [-0.4, -0.2) is 85.4 Å². The molecule has 1 amide bonds. The molecule has 0 fully saturated rings. The monoisotopic (exact) mass is 951 g/mol. The number of amides is 1. The Morgan fingerprint density at radius 3 is 1.81 bits per heavy atom. The molecule has 0 saturated heterocycles. The molecule has 68 heavy (non-hydrogen) atoms. The van der Waals surface area contributed by atoms with Crippen molar-refractivity contribution < 1.29 is 31.5 Å². The number of aryl methyl sites for hydroxylation is 1. The fourth-order valence-electron chi connectivity index (χ4n) is 8.16. The van der Waals surface area contributed by atoms with Gasteiger partial charge in [0.1, 0.15) is 11.6 Å². The highest BCUT2D eigenvalue weighted by Gasteiger charge is 2.39. The quantitative estimate of drug-likeness (QED) is 0.0381. The number of benzene rings is 6. The van der Waals surface area contributed by atoms with Crippen LogP contribution in [0, 0.1) is 0 Å². The molecule has 2 aromatic heterocycles. The van der Waals surface area contributed by atoms with E-state index >= 15 is 0 Å². The standard InChI is InChI=1S/C50H49N9O7S2/c51-27-29-56-67(63,64)43-22-17-36(18-23-43)37-19-24-44(25-20-37)68(65,66)57-45(48(61)62)35-54-47(60)38-21-26-46-39(33-38)34-55-59(46)31-10-28-52-49-53-30-32-58(49)50(40-11-4-1-5-12-40,41-13-6-2-7-14-41)42-15-8-3-9-16-42/h1-9,11-26,30,32-34,45,56-57H,10,27-29,31,35,51H2,(H,52,53)(H,54,60)(H,61,62)/t45-/m0/s1. The molecule has 6 aromatic carbocycles. The van der Waals surface area contributed by atoms with Gasteiger partial charge in [-0.25, -0.2) is 26.5 Å². The van der Waals surface area contributed by atoms with Crippen molar-refractivity contribution in [2.24, 2.45) is 5.73 Å². The van der Waals surface area contributed by atoms with Crippen molar-refractivity contribution >= 4 is 48.8 Å². The lowest BCUT2D eigenvalue weighted by molar-refractivity contribution is -0.138. The van der Waals surface area contributed by atoms with Crippen LogP contribution in [0.15, 0.2) is 186 Å². The zero-order valence-electron chi connectivity index (χ0n) is 36.6. The maximum Gasteiger partial charge on any atom is 0.323 e. The first kappa shape index (κ1) is 47.0. The summed E-state index contributed by atoms with van der Waals surface area (Å²) in [6, 6.07) is 46.1. The number of aliphatic carboxylic acids is 1. The normalized spacial score (nSPS) is 12.4. The Morgan fingerprint density at radius 1 is 0.706 bits per heavy atom. The van der Waals surface area contributed by atoms with Crippen molar-refractivity contribution in [2.45, 2.75) is 34.3 Å². The molecule has 0 saturated carbocycles. The lowest BCUT2D eigenvalue weighted by Crippen LogP contribution is -2.48. The summed E-state index contributed by atoms with van der Waals surface area (Å²) < 4.78 is 59.9. The van der Waals surface area contributed by atoms with E-state index in [9.17, 15) is 31.5 Å². The van der Waals surface area contributed by atoms with Crippen LogP contribution in [0.1, 0.15) is 33.5 Å². The molecule has 16 nitrogen and oxygen atoms in total. The smallest absolute Gasteiger partial charge is 0.323 e. The zero-order valence-corrected chi connectivity index (χ0v) is 38.3. The number of hydrogen-bond acceptors (Lipinski definition) is 10. The molecule has 8 rings (SSSR count). The van der Waals surface area contributed by atoms with E-state index in [1.54, 1.807) is 42.7 Å². The number of imidazole rings is 1. The summed E-state index contributed by atoms with van der Waals surface area (Å²) >= 11 is 0. The molecule has 0 aliphatic rings. The number of carboxylic acid groups (broad SMARTS) is 1. The maximum absolute atomic E-state index is 13.3. The second kappa shape index (κ2) is 20.6.